The van der Waals surface area contributed by atoms with E-state index in [4.69, 9.17) is 14.2 Å². The Morgan fingerprint density at radius 1 is 0.386 bits per heavy atom. The fraction of sp³-hybridized carbons (Fsp3) is 0.627. The van der Waals surface area contributed by atoms with E-state index in [1.54, 1.807) is 0 Å². The minimum Gasteiger partial charge on any atom is -0.462 e. The molecule has 6 heteroatoms. The summed E-state index contributed by atoms with van der Waals surface area (Å²) in [6, 6.07) is 0. The molecule has 322 valence electrons. The summed E-state index contributed by atoms with van der Waals surface area (Å²) in [5.74, 6) is -0.991. The van der Waals surface area contributed by atoms with Gasteiger partial charge in [0, 0.05) is 19.3 Å². The molecule has 0 aromatic carbocycles. The van der Waals surface area contributed by atoms with Crippen molar-refractivity contribution in [2.45, 2.75) is 194 Å². The molecule has 0 N–H and O–H groups in total. The Labute approximate surface area is 349 Å². The number of carbonyl (C=O) groups is 3. The molecule has 0 aliphatic heterocycles. The van der Waals surface area contributed by atoms with Crippen LogP contribution in [0.3, 0.4) is 0 Å². The van der Waals surface area contributed by atoms with Crippen LogP contribution in [-0.4, -0.2) is 37.2 Å². The van der Waals surface area contributed by atoms with Crippen LogP contribution in [0, 0.1) is 0 Å². The van der Waals surface area contributed by atoms with E-state index in [1.165, 1.54) is 12.8 Å². The summed E-state index contributed by atoms with van der Waals surface area (Å²) < 4.78 is 16.6. The predicted molar refractivity (Wildman–Crippen MR) is 242 cm³/mol. The highest BCUT2D eigenvalue weighted by Gasteiger charge is 2.19. The van der Waals surface area contributed by atoms with Gasteiger partial charge in [-0.25, -0.2) is 0 Å². The first-order chi connectivity index (χ1) is 28.0. The minimum atomic E-state index is -0.808. The molecule has 57 heavy (non-hydrogen) atoms. The smallest absolute Gasteiger partial charge is 0.306 e. The fourth-order valence-corrected chi connectivity index (χ4v) is 5.68. The molecule has 1 atom stereocenters. The molecule has 1 unspecified atom stereocenters. The Hall–Kier alpha value is -3.67. The molecular formula is C51H82O6. The van der Waals surface area contributed by atoms with Gasteiger partial charge in [0.2, 0.25) is 0 Å². The third-order valence-corrected chi connectivity index (χ3v) is 9.08. The van der Waals surface area contributed by atoms with Gasteiger partial charge in [0.05, 0.1) is 0 Å². The number of hydrogen-bond donors (Lipinski definition) is 0. The van der Waals surface area contributed by atoms with Gasteiger partial charge in [0.15, 0.2) is 6.10 Å². The molecule has 0 bridgehead atoms. The van der Waals surface area contributed by atoms with Crippen LogP contribution >= 0.6 is 0 Å². The molecule has 0 aliphatic rings. The first-order valence-corrected chi connectivity index (χ1v) is 22.8. The molecule has 0 amide bonds. The van der Waals surface area contributed by atoms with E-state index in [0.29, 0.717) is 12.8 Å². The standard InChI is InChI=1S/C51H82O6/c1-4-7-10-13-16-19-22-24-26-29-32-35-38-41-44-50(53)56-47-48(46-55-49(52)43-40-37-34-31-28-21-18-15-12-9-6-3)57-51(54)45-42-39-36-33-30-27-25-23-20-17-14-11-8-5-2/h7-8,10-11,15-21,24-28,48H,4-6,9,12-14,22-23,29-47H2,1-3H3/b10-7-,11-8-,18-15-,19-16-,20-17-,26-24-,27-25-,28-21-. The maximum absolute atomic E-state index is 12.7. The second kappa shape index (κ2) is 45.0. The van der Waals surface area contributed by atoms with Crippen LogP contribution in [0.2, 0.25) is 0 Å². The van der Waals surface area contributed by atoms with Crippen molar-refractivity contribution in [2.24, 2.45) is 0 Å². The molecule has 0 heterocycles. The molecule has 0 fully saturated rings. The van der Waals surface area contributed by atoms with E-state index in [1.807, 2.05) is 0 Å². The zero-order valence-corrected chi connectivity index (χ0v) is 36.6. The van der Waals surface area contributed by atoms with Crippen molar-refractivity contribution in [3.8, 4) is 0 Å². The van der Waals surface area contributed by atoms with E-state index in [0.717, 1.165) is 135 Å². The van der Waals surface area contributed by atoms with E-state index in [2.05, 4.69) is 118 Å². The lowest BCUT2D eigenvalue weighted by atomic mass is 10.1. The van der Waals surface area contributed by atoms with Gasteiger partial charge in [-0.05, 0) is 103 Å². The maximum atomic E-state index is 12.7. The van der Waals surface area contributed by atoms with Crippen molar-refractivity contribution in [3.05, 3.63) is 97.2 Å². The summed E-state index contributed by atoms with van der Waals surface area (Å²) in [7, 11) is 0. The van der Waals surface area contributed by atoms with Gasteiger partial charge in [0.1, 0.15) is 13.2 Å². The highest BCUT2D eigenvalue weighted by atomic mass is 16.6. The zero-order chi connectivity index (χ0) is 41.5. The average Bonchev–Trinajstić information content (AvgIpc) is 3.21. The normalized spacial score (nSPS) is 13.0. The lowest BCUT2D eigenvalue weighted by molar-refractivity contribution is -0.167. The molecule has 0 aromatic heterocycles. The number of esters is 3. The van der Waals surface area contributed by atoms with Crippen LogP contribution in [0.15, 0.2) is 97.2 Å². The Balaban J connectivity index is 4.51. The summed E-state index contributed by atoms with van der Waals surface area (Å²) in [6.45, 7) is 6.26. The molecule has 0 aromatic rings. The van der Waals surface area contributed by atoms with Crippen LogP contribution in [-0.2, 0) is 28.6 Å². The Bertz CT molecular complexity index is 1180. The molecule has 6 nitrogen and oxygen atoms in total. The van der Waals surface area contributed by atoms with Crippen molar-refractivity contribution in [1.29, 1.82) is 0 Å². The number of ether oxygens (including phenoxy) is 3. The predicted octanol–water partition coefficient (Wildman–Crippen LogP) is 14.6. The summed E-state index contributed by atoms with van der Waals surface area (Å²) >= 11 is 0. The van der Waals surface area contributed by atoms with E-state index < -0.39 is 6.10 Å². The lowest BCUT2D eigenvalue weighted by Crippen LogP contribution is -2.30. The molecule has 0 rings (SSSR count). The lowest BCUT2D eigenvalue weighted by Gasteiger charge is -2.18. The zero-order valence-electron chi connectivity index (χ0n) is 36.6. The Morgan fingerprint density at radius 3 is 1.18 bits per heavy atom. The number of rotatable bonds is 39. The van der Waals surface area contributed by atoms with Gasteiger partial charge in [-0.1, -0.05) is 163 Å². The van der Waals surface area contributed by atoms with Crippen molar-refractivity contribution in [1.82, 2.24) is 0 Å². The second-order valence-electron chi connectivity index (χ2n) is 14.6. The van der Waals surface area contributed by atoms with E-state index in [-0.39, 0.29) is 37.5 Å². The Morgan fingerprint density at radius 2 is 0.737 bits per heavy atom. The van der Waals surface area contributed by atoms with Crippen LogP contribution in [0.1, 0.15) is 188 Å². The number of unbranched alkanes of at least 4 members (excludes halogenated alkanes) is 13. The highest BCUT2D eigenvalue weighted by molar-refractivity contribution is 5.71. The van der Waals surface area contributed by atoms with Gasteiger partial charge < -0.3 is 14.2 Å². The number of allylic oxidation sites excluding steroid dienone is 16. The van der Waals surface area contributed by atoms with E-state index >= 15 is 0 Å². The van der Waals surface area contributed by atoms with E-state index in [9.17, 15) is 14.4 Å². The molecule has 0 radical (unpaired) electrons. The first-order valence-electron chi connectivity index (χ1n) is 22.8. The van der Waals surface area contributed by atoms with Gasteiger partial charge in [-0.15, -0.1) is 0 Å². The SMILES string of the molecule is CC/C=C\C/C=C\C/C=C\CCCCCCC(=O)OCC(COC(=O)CCCCC/C=C\C=C/CCCC)OC(=O)CCCCCC/C=C\C/C=C\C/C=C\CC. The highest BCUT2D eigenvalue weighted by Crippen LogP contribution is 2.12. The minimum absolute atomic E-state index is 0.109. The Kier molecular flexibility index (Phi) is 42.1. The molecule has 0 aliphatic carbocycles. The van der Waals surface area contributed by atoms with Crippen LogP contribution in [0.25, 0.3) is 0 Å². The van der Waals surface area contributed by atoms with Gasteiger partial charge in [-0.3, -0.25) is 14.4 Å². The molecule has 0 saturated heterocycles. The summed E-state index contributed by atoms with van der Waals surface area (Å²) in [5, 5.41) is 0. The van der Waals surface area contributed by atoms with Crippen LogP contribution in [0.4, 0.5) is 0 Å². The summed E-state index contributed by atoms with van der Waals surface area (Å²) in [5.41, 5.74) is 0. The van der Waals surface area contributed by atoms with Gasteiger partial charge >= 0.3 is 17.9 Å². The first kappa shape index (κ1) is 53.3. The average molecular weight is 791 g/mol. The summed E-state index contributed by atoms with van der Waals surface area (Å²) in [4.78, 5) is 37.7. The van der Waals surface area contributed by atoms with Crippen LogP contribution < -0.4 is 0 Å². The van der Waals surface area contributed by atoms with Crippen molar-refractivity contribution < 1.29 is 28.6 Å². The molecular weight excluding hydrogens is 709 g/mol. The third kappa shape index (κ3) is 43.3. The quantitative estimate of drug-likeness (QED) is 0.0203. The third-order valence-electron chi connectivity index (χ3n) is 9.08. The number of hydrogen-bond acceptors (Lipinski definition) is 6. The van der Waals surface area contributed by atoms with Crippen molar-refractivity contribution >= 4 is 17.9 Å². The van der Waals surface area contributed by atoms with Crippen molar-refractivity contribution in [2.75, 3.05) is 13.2 Å². The molecule has 0 saturated carbocycles. The van der Waals surface area contributed by atoms with Crippen molar-refractivity contribution in [3.63, 3.8) is 0 Å². The maximum Gasteiger partial charge on any atom is 0.306 e. The van der Waals surface area contributed by atoms with Crippen LogP contribution in [0.5, 0.6) is 0 Å². The molecule has 0 spiro atoms. The monoisotopic (exact) mass is 791 g/mol. The van der Waals surface area contributed by atoms with Gasteiger partial charge in [0.25, 0.3) is 0 Å². The largest absolute Gasteiger partial charge is 0.462 e. The topological polar surface area (TPSA) is 78.9 Å². The van der Waals surface area contributed by atoms with Gasteiger partial charge in [-0.2, -0.15) is 0 Å². The number of carbonyl (C=O) groups excluding carboxylic acids is 3. The fourth-order valence-electron chi connectivity index (χ4n) is 5.68. The second-order valence-corrected chi connectivity index (χ2v) is 14.6. The summed E-state index contributed by atoms with van der Waals surface area (Å²) in [6.07, 6.45) is 58.2.